The van der Waals surface area contributed by atoms with E-state index in [0.29, 0.717) is 10.8 Å². The van der Waals surface area contributed by atoms with E-state index in [-0.39, 0.29) is 0 Å². The Balaban J connectivity index is 1.98. The molecule has 0 heterocycles. The molecule has 1 fully saturated rings. The molecule has 0 radical (unpaired) electrons. The van der Waals surface area contributed by atoms with E-state index in [0.717, 1.165) is 12.0 Å². The minimum atomic E-state index is 0.512. The molecule has 1 nitrogen and oxygen atoms in total. The van der Waals surface area contributed by atoms with Crippen LogP contribution in [0.15, 0.2) is 0 Å². The lowest BCUT2D eigenvalue weighted by Crippen LogP contribution is -2.36. The second-order valence-electron chi connectivity index (χ2n) is 9.59. The van der Waals surface area contributed by atoms with Gasteiger partial charge in [-0.15, -0.1) is 0 Å². The summed E-state index contributed by atoms with van der Waals surface area (Å²) in [5.74, 6) is 0.938. The Morgan fingerprint density at radius 2 is 1.33 bits per heavy atom. The quantitative estimate of drug-likeness (QED) is 0.553. The molecule has 1 aliphatic rings. The van der Waals surface area contributed by atoms with Gasteiger partial charge < -0.3 is 5.32 Å². The van der Waals surface area contributed by atoms with Gasteiger partial charge in [-0.05, 0) is 61.8 Å². The lowest BCUT2D eigenvalue weighted by molar-refractivity contribution is 0.160. The van der Waals surface area contributed by atoms with Crippen molar-refractivity contribution in [1.82, 2.24) is 5.32 Å². The fourth-order valence-electron chi connectivity index (χ4n) is 3.60. The first-order chi connectivity index (χ1) is 9.68. The molecule has 1 saturated carbocycles. The maximum absolute atomic E-state index is 3.80. The van der Waals surface area contributed by atoms with Crippen LogP contribution in [0.5, 0.6) is 0 Å². The fourth-order valence-corrected chi connectivity index (χ4v) is 3.60. The Kier molecular flexibility index (Phi) is 7.74. The highest BCUT2D eigenvalue weighted by molar-refractivity contribution is 4.83. The molecule has 0 spiro atoms. The molecule has 0 saturated heterocycles. The van der Waals surface area contributed by atoms with Crippen LogP contribution in [0.2, 0.25) is 0 Å². The van der Waals surface area contributed by atoms with Crippen LogP contribution in [0.1, 0.15) is 99.3 Å². The number of hydrogen-bond acceptors (Lipinski definition) is 1. The predicted molar refractivity (Wildman–Crippen MR) is 95.7 cm³/mol. The van der Waals surface area contributed by atoms with Crippen molar-refractivity contribution >= 4 is 0 Å². The van der Waals surface area contributed by atoms with Gasteiger partial charge in [0, 0.05) is 6.04 Å². The molecule has 0 atom stereocenters. The van der Waals surface area contributed by atoms with Gasteiger partial charge in [-0.3, -0.25) is 0 Å². The smallest absolute Gasteiger partial charge is 0.00672 e. The van der Waals surface area contributed by atoms with E-state index in [1.165, 1.54) is 64.3 Å². The summed E-state index contributed by atoms with van der Waals surface area (Å²) in [5.41, 5.74) is 1.03. The van der Waals surface area contributed by atoms with Gasteiger partial charge in [-0.2, -0.15) is 0 Å². The molecule has 1 rings (SSSR count). The van der Waals surface area contributed by atoms with Gasteiger partial charge in [-0.25, -0.2) is 0 Å². The summed E-state index contributed by atoms with van der Waals surface area (Å²) in [5, 5.41) is 3.80. The van der Waals surface area contributed by atoms with E-state index in [1.54, 1.807) is 0 Å². The Hall–Kier alpha value is -0.0400. The molecular weight excluding hydrogens is 254 g/mol. The summed E-state index contributed by atoms with van der Waals surface area (Å²) in [6.45, 7) is 15.5. The molecule has 0 aromatic rings. The van der Waals surface area contributed by atoms with E-state index in [2.05, 4.69) is 46.9 Å². The van der Waals surface area contributed by atoms with Gasteiger partial charge >= 0.3 is 0 Å². The first-order valence-corrected chi connectivity index (χ1v) is 9.42. The SMILES string of the molecule is CC(C)(C)CCCCCCNC1CCC(C(C)(C)C)CC1. The van der Waals surface area contributed by atoms with E-state index >= 15 is 0 Å². The van der Waals surface area contributed by atoms with Crippen LogP contribution in [0.25, 0.3) is 0 Å². The Morgan fingerprint density at radius 1 is 0.762 bits per heavy atom. The third-order valence-electron chi connectivity index (χ3n) is 5.24. The van der Waals surface area contributed by atoms with Crippen molar-refractivity contribution in [1.29, 1.82) is 0 Å². The summed E-state index contributed by atoms with van der Waals surface area (Å²) < 4.78 is 0. The van der Waals surface area contributed by atoms with Gasteiger partial charge in [0.25, 0.3) is 0 Å². The average molecular weight is 296 g/mol. The van der Waals surface area contributed by atoms with Gasteiger partial charge in [0.15, 0.2) is 0 Å². The predicted octanol–water partition coefficient (Wildman–Crippen LogP) is 6.18. The highest BCUT2D eigenvalue weighted by Crippen LogP contribution is 2.37. The van der Waals surface area contributed by atoms with Crippen molar-refractivity contribution in [3.63, 3.8) is 0 Å². The summed E-state index contributed by atoms with van der Waals surface area (Å²) in [7, 11) is 0. The first-order valence-electron chi connectivity index (χ1n) is 9.42. The van der Waals surface area contributed by atoms with Crippen LogP contribution in [0, 0.1) is 16.7 Å². The molecule has 21 heavy (non-hydrogen) atoms. The van der Waals surface area contributed by atoms with Gasteiger partial charge in [0.05, 0.1) is 0 Å². The zero-order valence-corrected chi connectivity index (χ0v) is 15.7. The standard InChI is InChI=1S/C20H41N/c1-19(2,3)15-9-7-8-10-16-21-18-13-11-17(12-14-18)20(4,5)6/h17-18,21H,7-16H2,1-6H3. The van der Waals surface area contributed by atoms with Crippen LogP contribution >= 0.6 is 0 Å². The van der Waals surface area contributed by atoms with Crippen molar-refractivity contribution in [3.05, 3.63) is 0 Å². The second kappa shape index (κ2) is 8.56. The third kappa shape index (κ3) is 8.86. The molecule has 1 N–H and O–H groups in total. The van der Waals surface area contributed by atoms with Crippen molar-refractivity contribution in [2.75, 3.05) is 6.54 Å². The molecule has 0 bridgehead atoms. The number of nitrogens with one attached hydrogen (secondary N) is 1. The largest absolute Gasteiger partial charge is 0.314 e. The zero-order chi connectivity index (χ0) is 15.9. The summed E-state index contributed by atoms with van der Waals surface area (Å²) in [4.78, 5) is 0. The molecule has 0 aromatic carbocycles. The summed E-state index contributed by atoms with van der Waals surface area (Å²) in [6.07, 6.45) is 12.6. The monoisotopic (exact) mass is 295 g/mol. The minimum Gasteiger partial charge on any atom is -0.314 e. The molecule has 1 heteroatoms. The van der Waals surface area contributed by atoms with Gasteiger partial charge in [-0.1, -0.05) is 60.8 Å². The zero-order valence-electron chi connectivity index (χ0n) is 15.7. The Labute approximate surface area is 134 Å². The fraction of sp³-hybridized carbons (Fsp3) is 1.00. The minimum absolute atomic E-state index is 0.512. The highest BCUT2D eigenvalue weighted by Gasteiger charge is 2.29. The number of rotatable bonds is 7. The van der Waals surface area contributed by atoms with Crippen molar-refractivity contribution in [2.45, 2.75) is 105 Å². The topological polar surface area (TPSA) is 12.0 Å². The third-order valence-corrected chi connectivity index (χ3v) is 5.24. The van der Waals surface area contributed by atoms with Gasteiger partial charge in [0.1, 0.15) is 0 Å². The molecule has 0 unspecified atom stereocenters. The van der Waals surface area contributed by atoms with Crippen LogP contribution in [-0.2, 0) is 0 Å². The number of unbranched alkanes of at least 4 members (excludes halogenated alkanes) is 3. The summed E-state index contributed by atoms with van der Waals surface area (Å²) in [6, 6.07) is 0.804. The average Bonchev–Trinajstić information content (AvgIpc) is 2.36. The molecular formula is C20H41N. The normalized spacial score (nSPS) is 24.3. The maximum atomic E-state index is 3.80. The lowest BCUT2D eigenvalue weighted by Gasteiger charge is -2.37. The van der Waals surface area contributed by atoms with Crippen molar-refractivity contribution < 1.29 is 0 Å². The molecule has 0 amide bonds. The molecule has 0 aromatic heterocycles. The van der Waals surface area contributed by atoms with E-state index in [1.807, 2.05) is 0 Å². The maximum Gasteiger partial charge on any atom is 0.00672 e. The number of hydrogen-bond donors (Lipinski definition) is 1. The molecule has 126 valence electrons. The van der Waals surface area contributed by atoms with Crippen LogP contribution in [-0.4, -0.2) is 12.6 Å². The molecule has 1 aliphatic carbocycles. The Morgan fingerprint density at radius 3 is 1.86 bits per heavy atom. The molecule has 0 aliphatic heterocycles. The van der Waals surface area contributed by atoms with Crippen molar-refractivity contribution in [2.24, 2.45) is 16.7 Å². The highest BCUT2D eigenvalue weighted by atomic mass is 14.9. The van der Waals surface area contributed by atoms with E-state index in [4.69, 9.17) is 0 Å². The van der Waals surface area contributed by atoms with Crippen LogP contribution in [0.4, 0.5) is 0 Å². The van der Waals surface area contributed by atoms with E-state index in [9.17, 15) is 0 Å². The van der Waals surface area contributed by atoms with Gasteiger partial charge in [0.2, 0.25) is 0 Å². The second-order valence-corrected chi connectivity index (χ2v) is 9.59. The lowest BCUT2D eigenvalue weighted by atomic mass is 9.71. The van der Waals surface area contributed by atoms with Crippen molar-refractivity contribution in [3.8, 4) is 0 Å². The Bertz CT molecular complexity index is 261. The van der Waals surface area contributed by atoms with E-state index < -0.39 is 0 Å². The first kappa shape index (κ1) is 19.0. The summed E-state index contributed by atoms with van der Waals surface area (Å²) >= 11 is 0. The van der Waals surface area contributed by atoms with Crippen LogP contribution in [0.3, 0.4) is 0 Å². The van der Waals surface area contributed by atoms with Crippen LogP contribution < -0.4 is 5.32 Å².